The van der Waals surface area contributed by atoms with Gasteiger partial charge in [0.2, 0.25) is 5.91 Å². The summed E-state index contributed by atoms with van der Waals surface area (Å²) in [7, 11) is 0. The Hall–Kier alpha value is -2.90. The van der Waals surface area contributed by atoms with Crippen LogP contribution in [0.1, 0.15) is 87.8 Å². The highest BCUT2D eigenvalue weighted by atomic mass is 16.5. The monoisotopic (exact) mass is 508 g/mol. The first-order chi connectivity index (χ1) is 17.8. The molecule has 0 spiro atoms. The second kappa shape index (κ2) is 10.5. The van der Waals surface area contributed by atoms with Crippen molar-refractivity contribution < 1.29 is 19.1 Å². The molecule has 2 amide bonds. The number of carbonyl (C=O) groups is 3. The first-order valence-electron chi connectivity index (χ1n) is 14.0. The van der Waals surface area contributed by atoms with Gasteiger partial charge in [-0.25, -0.2) is 4.98 Å². The molecule has 2 aromatic rings. The summed E-state index contributed by atoms with van der Waals surface area (Å²) >= 11 is 0. The molecule has 0 radical (unpaired) electrons. The number of aromatic nitrogens is 2. The van der Waals surface area contributed by atoms with E-state index in [0.29, 0.717) is 30.1 Å². The Labute approximate surface area is 219 Å². The second-order valence-corrected chi connectivity index (χ2v) is 11.5. The minimum atomic E-state index is -0.823. The number of nitrogens with one attached hydrogen (secondary N) is 1. The topological polar surface area (TPSA) is 93.0 Å². The highest BCUT2D eigenvalue weighted by molar-refractivity contribution is 5.93. The van der Waals surface area contributed by atoms with Crippen LogP contribution in [0.2, 0.25) is 0 Å². The van der Waals surface area contributed by atoms with Crippen molar-refractivity contribution in [3.05, 3.63) is 35.8 Å². The van der Waals surface area contributed by atoms with E-state index >= 15 is 0 Å². The molecular weight excluding hydrogens is 468 g/mol. The van der Waals surface area contributed by atoms with E-state index in [1.54, 1.807) is 28.5 Å². The van der Waals surface area contributed by atoms with Gasteiger partial charge in [0.25, 0.3) is 5.91 Å². The fourth-order valence-electron chi connectivity index (χ4n) is 7.68. The van der Waals surface area contributed by atoms with Crippen LogP contribution >= 0.6 is 0 Å². The summed E-state index contributed by atoms with van der Waals surface area (Å²) in [6, 6.07) is 5.41. The molecule has 0 aromatic carbocycles. The van der Waals surface area contributed by atoms with Crippen LogP contribution in [0.4, 0.5) is 0 Å². The van der Waals surface area contributed by atoms with Gasteiger partial charge >= 0.3 is 5.97 Å². The van der Waals surface area contributed by atoms with Crippen LogP contribution in [0.15, 0.2) is 24.4 Å². The molecule has 8 nitrogen and oxygen atoms in total. The molecule has 1 N–H and O–H groups in total. The van der Waals surface area contributed by atoms with Crippen molar-refractivity contribution in [2.75, 3.05) is 26.2 Å². The highest BCUT2D eigenvalue weighted by Gasteiger charge is 2.50. The lowest BCUT2D eigenvalue weighted by atomic mass is 9.49. The fraction of sp³-hybridized carbons (Fsp3) is 0.655. The number of rotatable bonds is 10. The van der Waals surface area contributed by atoms with Crippen molar-refractivity contribution in [1.29, 1.82) is 0 Å². The van der Waals surface area contributed by atoms with Crippen molar-refractivity contribution in [3.8, 4) is 0 Å². The highest BCUT2D eigenvalue weighted by Crippen LogP contribution is 2.59. The SMILES string of the molecule is CCOC(=O)C(CC(=O)N(CC)CC)c1cn2c(C(=O)NCC34CC5CC(CC(C5)C3)C4)cccc2n1. The Balaban J connectivity index is 1.36. The molecule has 4 aliphatic carbocycles. The molecule has 4 aliphatic rings. The van der Waals surface area contributed by atoms with Gasteiger partial charge < -0.3 is 15.0 Å². The molecule has 2 heterocycles. The van der Waals surface area contributed by atoms with Crippen molar-refractivity contribution in [2.24, 2.45) is 23.2 Å². The molecule has 4 fully saturated rings. The molecule has 0 aliphatic heterocycles. The van der Waals surface area contributed by atoms with Crippen LogP contribution in [0.3, 0.4) is 0 Å². The zero-order chi connectivity index (χ0) is 26.2. The van der Waals surface area contributed by atoms with E-state index in [4.69, 9.17) is 4.74 Å². The number of nitrogens with zero attached hydrogens (tertiary/aromatic N) is 3. The smallest absolute Gasteiger partial charge is 0.315 e. The third kappa shape index (κ3) is 5.12. The predicted molar refractivity (Wildman–Crippen MR) is 140 cm³/mol. The Morgan fingerprint density at radius 3 is 2.32 bits per heavy atom. The van der Waals surface area contributed by atoms with Gasteiger partial charge in [-0.05, 0) is 94.6 Å². The molecule has 6 rings (SSSR count). The van der Waals surface area contributed by atoms with Gasteiger partial charge in [0, 0.05) is 32.3 Å². The van der Waals surface area contributed by atoms with Gasteiger partial charge in [0.05, 0.1) is 12.3 Å². The standard InChI is InChI=1S/C29H40N4O4/c1-4-32(5-2)26(34)13-22(28(36)37-6-3)23-17-33-24(8-7-9-25(33)31-23)27(35)30-18-29-14-19-10-20(15-29)12-21(11-19)16-29/h7-9,17,19-22H,4-6,10-16,18H2,1-3H3,(H,30,35). The molecule has 200 valence electrons. The number of carbonyl (C=O) groups excluding carboxylic acids is 3. The minimum absolute atomic E-state index is 0.0159. The van der Waals surface area contributed by atoms with Gasteiger partial charge in [0.1, 0.15) is 17.3 Å². The van der Waals surface area contributed by atoms with Gasteiger partial charge in [-0.1, -0.05) is 6.07 Å². The average molecular weight is 509 g/mol. The van der Waals surface area contributed by atoms with Crippen molar-refractivity contribution in [3.63, 3.8) is 0 Å². The van der Waals surface area contributed by atoms with Crippen LogP contribution in [-0.4, -0.2) is 58.3 Å². The Morgan fingerprint density at radius 1 is 1.08 bits per heavy atom. The summed E-state index contributed by atoms with van der Waals surface area (Å²) in [5.74, 6) is 0.964. The van der Waals surface area contributed by atoms with E-state index in [1.807, 2.05) is 26.0 Å². The normalized spacial score (nSPS) is 26.7. The molecule has 4 saturated carbocycles. The second-order valence-electron chi connectivity index (χ2n) is 11.5. The number of pyridine rings is 1. The largest absolute Gasteiger partial charge is 0.465 e. The van der Waals surface area contributed by atoms with Crippen molar-refractivity contribution in [2.45, 2.75) is 71.6 Å². The lowest BCUT2D eigenvalue weighted by Crippen LogP contribution is -2.51. The molecule has 0 saturated heterocycles. The van der Waals surface area contributed by atoms with Gasteiger partial charge in [-0.3, -0.25) is 18.8 Å². The molecule has 37 heavy (non-hydrogen) atoms. The first kappa shape index (κ1) is 25.7. The number of fused-ring (bicyclic) bond motifs is 1. The van der Waals surface area contributed by atoms with E-state index in [0.717, 1.165) is 24.3 Å². The summed E-state index contributed by atoms with van der Waals surface area (Å²) in [4.78, 5) is 45.5. The minimum Gasteiger partial charge on any atom is -0.465 e. The summed E-state index contributed by atoms with van der Waals surface area (Å²) in [5.41, 5.74) is 1.75. The van der Waals surface area contributed by atoms with Gasteiger partial charge in [-0.15, -0.1) is 0 Å². The lowest BCUT2D eigenvalue weighted by molar-refractivity contribution is -0.147. The van der Waals surface area contributed by atoms with Crippen LogP contribution in [0.25, 0.3) is 5.65 Å². The maximum absolute atomic E-state index is 13.4. The average Bonchev–Trinajstić information content (AvgIpc) is 3.30. The third-order valence-corrected chi connectivity index (χ3v) is 8.96. The Morgan fingerprint density at radius 2 is 1.73 bits per heavy atom. The predicted octanol–water partition coefficient (Wildman–Crippen LogP) is 4.19. The maximum Gasteiger partial charge on any atom is 0.315 e. The first-order valence-corrected chi connectivity index (χ1v) is 14.0. The fourth-order valence-corrected chi connectivity index (χ4v) is 7.68. The molecular formula is C29H40N4O4. The maximum atomic E-state index is 13.4. The number of hydrogen-bond acceptors (Lipinski definition) is 5. The summed E-state index contributed by atoms with van der Waals surface area (Å²) in [6.07, 6.45) is 9.54. The molecule has 8 heteroatoms. The summed E-state index contributed by atoms with van der Waals surface area (Å²) in [5, 5.41) is 3.25. The number of amides is 2. The van der Waals surface area contributed by atoms with E-state index in [1.165, 1.54) is 38.5 Å². The summed E-state index contributed by atoms with van der Waals surface area (Å²) in [6.45, 7) is 7.67. The third-order valence-electron chi connectivity index (χ3n) is 8.96. The number of imidazole rings is 1. The van der Waals surface area contributed by atoms with E-state index < -0.39 is 11.9 Å². The number of esters is 1. The van der Waals surface area contributed by atoms with Crippen molar-refractivity contribution in [1.82, 2.24) is 19.6 Å². The molecule has 4 bridgehead atoms. The lowest BCUT2D eigenvalue weighted by Gasteiger charge is -2.56. The molecule has 2 aromatic heterocycles. The van der Waals surface area contributed by atoms with E-state index in [2.05, 4.69) is 10.3 Å². The molecule has 1 unspecified atom stereocenters. The van der Waals surface area contributed by atoms with Crippen LogP contribution in [0.5, 0.6) is 0 Å². The zero-order valence-electron chi connectivity index (χ0n) is 22.4. The zero-order valence-corrected chi connectivity index (χ0v) is 22.4. The number of hydrogen-bond donors (Lipinski definition) is 1. The quantitative estimate of drug-likeness (QED) is 0.486. The Kier molecular flexibility index (Phi) is 7.28. The van der Waals surface area contributed by atoms with Crippen LogP contribution in [0, 0.1) is 23.2 Å². The van der Waals surface area contributed by atoms with Gasteiger partial charge in [-0.2, -0.15) is 0 Å². The number of ether oxygens (including phenoxy) is 1. The molecule has 1 atom stereocenters. The Bertz CT molecular complexity index is 1130. The van der Waals surface area contributed by atoms with E-state index in [-0.39, 0.29) is 30.3 Å². The van der Waals surface area contributed by atoms with Gasteiger partial charge in [0.15, 0.2) is 0 Å². The van der Waals surface area contributed by atoms with Crippen LogP contribution < -0.4 is 5.32 Å². The van der Waals surface area contributed by atoms with E-state index in [9.17, 15) is 14.4 Å². The van der Waals surface area contributed by atoms with Crippen molar-refractivity contribution >= 4 is 23.4 Å². The summed E-state index contributed by atoms with van der Waals surface area (Å²) < 4.78 is 7.03. The van der Waals surface area contributed by atoms with Crippen LogP contribution in [-0.2, 0) is 14.3 Å².